The van der Waals surface area contributed by atoms with Crippen LogP contribution in [0.1, 0.15) is 17.6 Å². The molecule has 0 saturated carbocycles. The predicted octanol–water partition coefficient (Wildman–Crippen LogP) is 3.83. The summed E-state index contributed by atoms with van der Waals surface area (Å²) in [5, 5.41) is 23.0. The maximum Gasteiger partial charge on any atom is 0.188 e. The van der Waals surface area contributed by atoms with Crippen molar-refractivity contribution in [3.8, 4) is 0 Å². The number of hydrogen-bond donors (Lipinski definition) is 2. The molecule has 0 aliphatic heterocycles. The number of rotatable bonds is 5. The quantitative estimate of drug-likeness (QED) is 0.533. The molecule has 0 aliphatic rings. The third-order valence-electron chi connectivity index (χ3n) is 3.90. The van der Waals surface area contributed by atoms with Crippen LogP contribution in [0.15, 0.2) is 65.3 Å². The molecule has 6 nitrogen and oxygen atoms in total. The van der Waals surface area contributed by atoms with Gasteiger partial charge < -0.3 is 14.9 Å². The maximum absolute atomic E-state index is 10.2. The average molecular weight is 355 g/mol. The molecule has 0 fully saturated rings. The zero-order valence-electron chi connectivity index (χ0n) is 13.1. The Bertz CT molecular complexity index is 980. The second kappa shape index (κ2) is 6.58. The van der Waals surface area contributed by atoms with E-state index in [-0.39, 0.29) is 0 Å². The molecule has 4 rings (SSSR count). The fourth-order valence-electron chi connectivity index (χ4n) is 2.68. The standard InChI is InChI=1S/C18H15ClN4O2/c19-13-7-5-12(6-8-13)11-23-15-4-2-1-3-14(15)17(22-23)21-18(24)16-9-10-20-25-16/h1-10,18,24H,11H2,(H,21,22). The zero-order chi connectivity index (χ0) is 17.2. The third kappa shape index (κ3) is 3.22. The number of hydrogen-bond acceptors (Lipinski definition) is 5. The molecule has 0 spiro atoms. The van der Waals surface area contributed by atoms with Gasteiger partial charge in [0.05, 0.1) is 18.3 Å². The number of nitrogens with zero attached hydrogens (tertiary/aromatic N) is 3. The molecule has 1 unspecified atom stereocenters. The van der Waals surface area contributed by atoms with Crippen LogP contribution in [-0.2, 0) is 6.54 Å². The minimum atomic E-state index is -1.02. The maximum atomic E-state index is 10.2. The van der Waals surface area contributed by atoms with Crippen LogP contribution in [0.4, 0.5) is 5.82 Å². The van der Waals surface area contributed by atoms with Gasteiger partial charge in [0, 0.05) is 16.5 Å². The van der Waals surface area contributed by atoms with Crippen LogP contribution in [0.5, 0.6) is 0 Å². The molecule has 0 radical (unpaired) electrons. The van der Waals surface area contributed by atoms with Crippen LogP contribution >= 0.6 is 11.6 Å². The van der Waals surface area contributed by atoms with Crippen molar-refractivity contribution in [1.29, 1.82) is 0 Å². The number of halogens is 1. The van der Waals surface area contributed by atoms with Crippen molar-refractivity contribution in [2.45, 2.75) is 12.8 Å². The summed E-state index contributed by atoms with van der Waals surface area (Å²) in [6.07, 6.45) is 0.460. The Labute approximate surface area is 148 Å². The first-order valence-corrected chi connectivity index (χ1v) is 8.14. The number of fused-ring (bicyclic) bond motifs is 1. The van der Waals surface area contributed by atoms with E-state index in [1.807, 2.05) is 53.2 Å². The van der Waals surface area contributed by atoms with Gasteiger partial charge in [-0.15, -0.1) is 0 Å². The van der Waals surface area contributed by atoms with Gasteiger partial charge in [0.25, 0.3) is 0 Å². The molecule has 0 saturated heterocycles. The van der Waals surface area contributed by atoms with Gasteiger partial charge in [-0.3, -0.25) is 4.68 Å². The van der Waals surface area contributed by atoms with Crippen molar-refractivity contribution in [2.24, 2.45) is 0 Å². The summed E-state index contributed by atoms with van der Waals surface area (Å²) in [4.78, 5) is 0. The van der Waals surface area contributed by atoms with Gasteiger partial charge in [-0.25, -0.2) is 0 Å². The Kier molecular flexibility index (Phi) is 4.13. The van der Waals surface area contributed by atoms with Crippen molar-refractivity contribution < 1.29 is 9.63 Å². The molecular weight excluding hydrogens is 340 g/mol. The van der Waals surface area contributed by atoms with Gasteiger partial charge >= 0.3 is 0 Å². The van der Waals surface area contributed by atoms with Crippen LogP contribution in [0, 0.1) is 0 Å². The van der Waals surface area contributed by atoms with Crippen molar-refractivity contribution in [3.05, 3.63) is 77.1 Å². The van der Waals surface area contributed by atoms with E-state index in [0.29, 0.717) is 23.1 Å². The SMILES string of the molecule is OC(Nc1nn(Cc2ccc(Cl)cc2)c2ccccc12)c1ccno1. The van der Waals surface area contributed by atoms with E-state index in [1.54, 1.807) is 6.07 Å². The first-order valence-electron chi connectivity index (χ1n) is 7.76. The molecule has 2 aromatic carbocycles. The molecule has 0 amide bonds. The zero-order valence-corrected chi connectivity index (χ0v) is 13.9. The van der Waals surface area contributed by atoms with E-state index >= 15 is 0 Å². The Morgan fingerprint density at radius 3 is 2.68 bits per heavy atom. The van der Waals surface area contributed by atoms with Gasteiger partial charge in [-0.2, -0.15) is 5.10 Å². The van der Waals surface area contributed by atoms with E-state index in [0.717, 1.165) is 16.5 Å². The van der Waals surface area contributed by atoms with E-state index in [1.165, 1.54) is 6.20 Å². The Morgan fingerprint density at radius 2 is 1.92 bits per heavy atom. The second-order valence-electron chi connectivity index (χ2n) is 5.61. The van der Waals surface area contributed by atoms with Crippen LogP contribution in [0.3, 0.4) is 0 Å². The van der Waals surface area contributed by atoms with Crippen molar-refractivity contribution in [2.75, 3.05) is 5.32 Å². The Morgan fingerprint density at radius 1 is 1.12 bits per heavy atom. The van der Waals surface area contributed by atoms with E-state index in [4.69, 9.17) is 16.1 Å². The highest BCUT2D eigenvalue weighted by atomic mass is 35.5. The number of anilines is 1. The fraction of sp³-hybridized carbons (Fsp3) is 0.111. The van der Waals surface area contributed by atoms with Crippen LogP contribution in [0.25, 0.3) is 10.9 Å². The molecule has 0 aliphatic carbocycles. The molecule has 7 heteroatoms. The Hall–Kier alpha value is -2.83. The van der Waals surface area contributed by atoms with Gasteiger partial charge in [0.2, 0.25) is 0 Å². The first-order chi connectivity index (χ1) is 12.2. The lowest BCUT2D eigenvalue weighted by Gasteiger charge is -2.08. The summed E-state index contributed by atoms with van der Waals surface area (Å²) < 4.78 is 6.87. The molecule has 126 valence electrons. The lowest BCUT2D eigenvalue weighted by Crippen LogP contribution is -2.10. The monoisotopic (exact) mass is 354 g/mol. The van der Waals surface area contributed by atoms with E-state index in [2.05, 4.69) is 15.6 Å². The predicted molar refractivity (Wildman–Crippen MR) is 95.4 cm³/mol. The highest BCUT2D eigenvalue weighted by Crippen LogP contribution is 2.26. The summed E-state index contributed by atoms with van der Waals surface area (Å²) in [6.45, 7) is 0.595. The van der Waals surface area contributed by atoms with Crippen LogP contribution in [-0.4, -0.2) is 20.0 Å². The summed E-state index contributed by atoms with van der Waals surface area (Å²) in [6, 6.07) is 17.1. The van der Waals surface area contributed by atoms with E-state index in [9.17, 15) is 5.11 Å². The molecule has 25 heavy (non-hydrogen) atoms. The number of aliphatic hydroxyl groups is 1. The fourth-order valence-corrected chi connectivity index (χ4v) is 2.81. The number of para-hydroxylation sites is 1. The summed E-state index contributed by atoms with van der Waals surface area (Å²) in [5.41, 5.74) is 2.05. The molecule has 1 atom stereocenters. The second-order valence-corrected chi connectivity index (χ2v) is 6.05. The van der Waals surface area contributed by atoms with Gasteiger partial charge in [-0.05, 0) is 29.8 Å². The number of aromatic nitrogens is 3. The summed E-state index contributed by atoms with van der Waals surface area (Å²) in [5.74, 6) is 0.907. The van der Waals surface area contributed by atoms with Gasteiger partial charge in [-0.1, -0.05) is 41.0 Å². The largest absolute Gasteiger partial charge is 0.367 e. The lowest BCUT2D eigenvalue weighted by atomic mass is 10.2. The Balaban J connectivity index is 1.67. The third-order valence-corrected chi connectivity index (χ3v) is 4.16. The minimum Gasteiger partial charge on any atom is -0.367 e. The number of benzene rings is 2. The van der Waals surface area contributed by atoms with Gasteiger partial charge in [0.15, 0.2) is 17.8 Å². The highest BCUT2D eigenvalue weighted by Gasteiger charge is 2.16. The number of nitrogens with one attached hydrogen (secondary N) is 1. The molecule has 2 N–H and O–H groups in total. The topological polar surface area (TPSA) is 76.1 Å². The van der Waals surface area contributed by atoms with Crippen LogP contribution in [0.2, 0.25) is 5.02 Å². The molecule has 0 bridgehead atoms. The highest BCUT2D eigenvalue weighted by molar-refractivity contribution is 6.30. The van der Waals surface area contributed by atoms with Crippen LogP contribution < -0.4 is 5.32 Å². The van der Waals surface area contributed by atoms with E-state index < -0.39 is 6.23 Å². The normalized spacial score (nSPS) is 12.4. The van der Waals surface area contributed by atoms with Crippen molar-refractivity contribution >= 4 is 28.3 Å². The van der Waals surface area contributed by atoms with Crippen molar-refractivity contribution in [1.82, 2.24) is 14.9 Å². The van der Waals surface area contributed by atoms with Crippen molar-refractivity contribution in [3.63, 3.8) is 0 Å². The molecular formula is C18H15ClN4O2. The number of aliphatic hydroxyl groups excluding tert-OH is 1. The molecule has 4 aromatic rings. The average Bonchev–Trinajstić information content (AvgIpc) is 3.27. The lowest BCUT2D eigenvalue weighted by molar-refractivity contribution is 0.165. The minimum absolute atomic E-state index is 0.330. The smallest absolute Gasteiger partial charge is 0.188 e. The van der Waals surface area contributed by atoms with Gasteiger partial charge in [0.1, 0.15) is 0 Å². The molecule has 2 aromatic heterocycles. The first kappa shape index (κ1) is 15.7. The summed E-state index contributed by atoms with van der Waals surface area (Å²) >= 11 is 5.95. The summed E-state index contributed by atoms with van der Waals surface area (Å²) in [7, 11) is 0. The molecule has 2 heterocycles.